The van der Waals surface area contributed by atoms with Gasteiger partial charge in [0.15, 0.2) is 0 Å². The highest BCUT2D eigenvalue weighted by Gasteiger charge is 2.31. The smallest absolute Gasteiger partial charge is 0.0535 e. The molecule has 1 saturated heterocycles. The van der Waals surface area contributed by atoms with Crippen molar-refractivity contribution in [3.63, 3.8) is 0 Å². The van der Waals surface area contributed by atoms with Crippen LogP contribution in [0.25, 0.3) is 0 Å². The Hall–Kier alpha value is -0.770. The lowest BCUT2D eigenvalue weighted by Gasteiger charge is -2.42. The summed E-state index contributed by atoms with van der Waals surface area (Å²) >= 11 is 1.96. The molecule has 1 atom stereocenters. The van der Waals surface area contributed by atoms with Gasteiger partial charge in [-0.3, -0.25) is 4.90 Å². The fourth-order valence-electron chi connectivity index (χ4n) is 2.62. The van der Waals surface area contributed by atoms with E-state index in [1.54, 1.807) is 0 Å². The standard InChI is InChI=1S/C16H24N2S/c1-3-12-19-13-11-18-10-9-17-16(2,14-18)15-7-5-4-6-8-15/h3-8,17H,1,9-14H2,2H3. The van der Waals surface area contributed by atoms with E-state index < -0.39 is 0 Å². The zero-order valence-electron chi connectivity index (χ0n) is 11.8. The van der Waals surface area contributed by atoms with E-state index in [2.05, 4.69) is 54.1 Å². The first-order chi connectivity index (χ1) is 9.24. The zero-order valence-corrected chi connectivity index (χ0v) is 12.6. The van der Waals surface area contributed by atoms with E-state index in [0.717, 1.165) is 25.4 Å². The number of nitrogens with one attached hydrogen (secondary N) is 1. The van der Waals surface area contributed by atoms with Gasteiger partial charge in [-0.2, -0.15) is 11.8 Å². The molecule has 0 amide bonds. The van der Waals surface area contributed by atoms with Crippen LogP contribution >= 0.6 is 11.8 Å². The van der Waals surface area contributed by atoms with Gasteiger partial charge in [0, 0.05) is 37.7 Å². The normalized spacial score (nSPS) is 24.3. The SMILES string of the molecule is C=CCSCCN1CCNC(C)(c2ccccc2)C1. The Bertz CT molecular complexity index is 393. The molecule has 2 nitrogen and oxygen atoms in total. The van der Waals surface area contributed by atoms with Crippen LogP contribution < -0.4 is 5.32 Å². The predicted octanol–water partition coefficient (Wildman–Crippen LogP) is 2.73. The molecule has 0 radical (unpaired) electrons. The summed E-state index contributed by atoms with van der Waals surface area (Å²) in [6.45, 7) is 10.5. The van der Waals surface area contributed by atoms with Crippen molar-refractivity contribution < 1.29 is 0 Å². The number of piperazine rings is 1. The van der Waals surface area contributed by atoms with Gasteiger partial charge in [-0.05, 0) is 12.5 Å². The highest BCUT2D eigenvalue weighted by atomic mass is 32.2. The number of nitrogens with zero attached hydrogens (tertiary/aromatic N) is 1. The molecule has 1 heterocycles. The van der Waals surface area contributed by atoms with Gasteiger partial charge in [-0.15, -0.1) is 6.58 Å². The van der Waals surface area contributed by atoms with E-state index in [1.165, 1.54) is 17.9 Å². The van der Waals surface area contributed by atoms with Gasteiger partial charge in [0.05, 0.1) is 5.54 Å². The average Bonchev–Trinajstić information content (AvgIpc) is 2.45. The van der Waals surface area contributed by atoms with Gasteiger partial charge in [-0.25, -0.2) is 0 Å². The minimum Gasteiger partial charge on any atom is -0.305 e. The summed E-state index contributed by atoms with van der Waals surface area (Å²) < 4.78 is 0. The molecule has 1 aliphatic rings. The van der Waals surface area contributed by atoms with E-state index >= 15 is 0 Å². The highest BCUT2D eigenvalue weighted by molar-refractivity contribution is 7.99. The van der Waals surface area contributed by atoms with Crippen LogP contribution in [0.15, 0.2) is 43.0 Å². The van der Waals surface area contributed by atoms with E-state index in [1.807, 2.05) is 17.8 Å². The number of rotatable bonds is 6. The third-order valence-electron chi connectivity index (χ3n) is 3.68. The minimum absolute atomic E-state index is 0.0859. The summed E-state index contributed by atoms with van der Waals surface area (Å²) in [6.07, 6.45) is 1.98. The first-order valence-corrected chi connectivity index (χ1v) is 8.12. The molecule has 0 bridgehead atoms. The van der Waals surface area contributed by atoms with Crippen LogP contribution in [0.3, 0.4) is 0 Å². The van der Waals surface area contributed by atoms with E-state index in [9.17, 15) is 0 Å². The molecule has 19 heavy (non-hydrogen) atoms. The van der Waals surface area contributed by atoms with Gasteiger partial charge in [0.1, 0.15) is 0 Å². The van der Waals surface area contributed by atoms with Gasteiger partial charge in [0.2, 0.25) is 0 Å². The van der Waals surface area contributed by atoms with Crippen LogP contribution in [0, 0.1) is 0 Å². The number of benzene rings is 1. The summed E-state index contributed by atoms with van der Waals surface area (Å²) in [7, 11) is 0. The van der Waals surface area contributed by atoms with Crippen molar-refractivity contribution in [2.75, 3.05) is 37.7 Å². The predicted molar refractivity (Wildman–Crippen MR) is 85.8 cm³/mol. The lowest BCUT2D eigenvalue weighted by Crippen LogP contribution is -2.56. The van der Waals surface area contributed by atoms with Crippen LogP contribution in [0.2, 0.25) is 0 Å². The minimum atomic E-state index is 0.0859. The maximum absolute atomic E-state index is 3.76. The Morgan fingerprint density at radius 1 is 1.42 bits per heavy atom. The molecule has 0 aliphatic carbocycles. The second-order valence-corrected chi connectivity index (χ2v) is 6.41. The largest absolute Gasteiger partial charge is 0.305 e. The van der Waals surface area contributed by atoms with Gasteiger partial charge in [0.25, 0.3) is 0 Å². The molecule has 1 unspecified atom stereocenters. The summed E-state index contributed by atoms with van der Waals surface area (Å²) in [5, 5.41) is 3.68. The van der Waals surface area contributed by atoms with E-state index in [-0.39, 0.29) is 5.54 Å². The van der Waals surface area contributed by atoms with Crippen molar-refractivity contribution in [1.29, 1.82) is 0 Å². The fourth-order valence-corrected chi connectivity index (χ4v) is 3.34. The van der Waals surface area contributed by atoms with Crippen LogP contribution in [0.4, 0.5) is 0 Å². The van der Waals surface area contributed by atoms with Crippen LogP contribution in [0.1, 0.15) is 12.5 Å². The van der Waals surface area contributed by atoms with Gasteiger partial charge in [-0.1, -0.05) is 36.4 Å². The second-order valence-electron chi connectivity index (χ2n) is 5.26. The third-order valence-corrected chi connectivity index (χ3v) is 4.62. The van der Waals surface area contributed by atoms with Gasteiger partial charge < -0.3 is 5.32 Å². The zero-order chi connectivity index (χ0) is 13.6. The Balaban J connectivity index is 1.91. The molecule has 1 aromatic rings. The number of hydrogen-bond donors (Lipinski definition) is 1. The van der Waals surface area contributed by atoms with Crippen molar-refractivity contribution in [3.05, 3.63) is 48.6 Å². The maximum atomic E-state index is 3.76. The lowest BCUT2D eigenvalue weighted by molar-refractivity contribution is 0.150. The molecule has 2 rings (SSSR count). The highest BCUT2D eigenvalue weighted by Crippen LogP contribution is 2.24. The molecular formula is C16H24N2S. The summed E-state index contributed by atoms with van der Waals surface area (Å²) in [4.78, 5) is 2.57. The first-order valence-electron chi connectivity index (χ1n) is 6.96. The van der Waals surface area contributed by atoms with E-state index in [0.29, 0.717) is 0 Å². The topological polar surface area (TPSA) is 15.3 Å². The van der Waals surface area contributed by atoms with Crippen molar-refractivity contribution in [3.8, 4) is 0 Å². The molecule has 0 aromatic heterocycles. The molecule has 0 saturated carbocycles. The average molecular weight is 276 g/mol. The first kappa shape index (κ1) is 14.6. The number of hydrogen-bond acceptors (Lipinski definition) is 3. The molecule has 3 heteroatoms. The van der Waals surface area contributed by atoms with Gasteiger partial charge >= 0.3 is 0 Å². The number of thioether (sulfide) groups is 1. The van der Waals surface area contributed by atoms with Crippen LogP contribution in [-0.2, 0) is 5.54 Å². The molecular weight excluding hydrogens is 252 g/mol. The van der Waals surface area contributed by atoms with Crippen molar-refractivity contribution >= 4 is 11.8 Å². The quantitative estimate of drug-likeness (QED) is 0.635. The lowest BCUT2D eigenvalue weighted by atomic mass is 9.90. The Morgan fingerprint density at radius 3 is 2.95 bits per heavy atom. The summed E-state index contributed by atoms with van der Waals surface area (Å²) in [6, 6.07) is 10.8. The summed E-state index contributed by atoms with van der Waals surface area (Å²) in [5.74, 6) is 2.25. The molecule has 104 valence electrons. The Kier molecular flexibility index (Phi) is 5.49. The molecule has 1 fully saturated rings. The van der Waals surface area contributed by atoms with Crippen LogP contribution in [0.5, 0.6) is 0 Å². The molecule has 1 aromatic carbocycles. The molecule has 0 spiro atoms. The van der Waals surface area contributed by atoms with E-state index in [4.69, 9.17) is 0 Å². The van der Waals surface area contributed by atoms with Crippen molar-refractivity contribution in [2.24, 2.45) is 0 Å². The van der Waals surface area contributed by atoms with Crippen molar-refractivity contribution in [2.45, 2.75) is 12.5 Å². The maximum Gasteiger partial charge on any atom is 0.0535 e. The Labute approximate surface area is 121 Å². The Morgan fingerprint density at radius 2 is 2.21 bits per heavy atom. The third kappa shape index (κ3) is 4.10. The fraction of sp³-hybridized carbons (Fsp3) is 0.500. The molecule has 1 N–H and O–H groups in total. The van der Waals surface area contributed by atoms with Crippen molar-refractivity contribution in [1.82, 2.24) is 10.2 Å². The monoisotopic (exact) mass is 276 g/mol. The summed E-state index contributed by atoms with van der Waals surface area (Å²) in [5.41, 5.74) is 1.47. The second kappa shape index (κ2) is 7.13. The molecule has 1 aliphatic heterocycles. The van der Waals surface area contributed by atoms with Crippen LogP contribution in [-0.4, -0.2) is 42.6 Å².